The smallest absolute Gasteiger partial charge is 0.261 e. The number of fused-ring (bicyclic) bond motifs is 2. The molecule has 0 unspecified atom stereocenters. The van der Waals surface area contributed by atoms with Crippen LogP contribution in [-0.2, 0) is 4.79 Å². The number of Topliss-reactive ketones (excluding diaryl/α,β-unsaturated/α-hetero) is 1. The maximum absolute atomic E-state index is 13.2. The van der Waals surface area contributed by atoms with E-state index in [0.717, 1.165) is 10.6 Å². The van der Waals surface area contributed by atoms with Crippen molar-refractivity contribution in [1.29, 1.82) is 0 Å². The molecular weight excluding hydrogens is 410 g/mol. The van der Waals surface area contributed by atoms with Crippen LogP contribution in [0.5, 0.6) is 0 Å². The van der Waals surface area contributed by atoms with E-state index in [9.17, 15) is 14.4 Å². The van der Waals surface area contributed by atoms with Crippen molar-refractivity contribution in [1.82, 2.24) is 4.98 Å². The van der Waals surface area contributed by atoms with Gasteiger partial charge in [-0.2, -0.15) is 0 Å². The van der Waals surface area contributed by atoms with Crippen LogP contribution in [0.25, 0.3) is 0 Å². The van der Waals surface area contributed by atoms with Gasteiger partial charge in [-0.05, 0) is 49.7 Å². The molecule has 0 fully saturated rings. The molecule has 2 amide bonds. The summed E-state index contributed by atoms with van der Waals surface area (Å²) in [5, 5.41) is 3.51. The number of ketones is 1. The first kappa shape index (κ1) is 20.8. The van der Waals surface area contributed by atoms with Gasteiger partial charge < -0.3 is 10.2 Å². The number of benzene rings is 2. The number of nitrogens with zero attached hydrogens (tertiary/aromatic N) is 2. The van der Waals surface area contributed by atoms with Crippen LogP contribution in [-0.4, -0.2) is 29.1 Å². The minimum absolute atomic E-state index is 0.0536. The predicted octanol–water partition coefficient (Wildman–Crippen LogP) is 4.81. The number of carbonyl (C=O) groups excluding carboxylic acids is 3. The highest BCUT2D eigenvalue weighted by Crippen LogP contribution is 2.40. The van der Waals surface area contributed by atoms with Gasteiger partial charge in [0.1, 0.15) is 5.03 Å². The monoisotopic (exact) mass is 431 g/mol. The number of hydrogen-bond donors (Lipinski definition) is 1. The highest BCUT2D eigenvalue weighted by Gasteiger charge is 2.27. The van der Waals surface area contributed by atoms with Crippen molar-refractivity contribution in [3.05, 3.63) is 78.0 Å². The van der Waals surface area contributed by atoms with Crippen LogP contribution in [0.15, 0.2) is 76.8 Å². The average Bonchev–Trinajstić information content (AvgIpc) is 2.88. The van der Waals surface area contributed by atoms with E-state index in [4.69, 9.17) is 0 Å². The van der Waals surface area contributed by atoms with Crippen LogP contribution in [0.1, 0.15) is 40.5 Å². The summed E-state index contributed by atoms with van der Waals surface area (Å²) in [5.74, 6) is -0.329. The van der Waals surface area contributed by atoms with Crippen molar-refractivity contribution in [2.45, 2.75) is 29.7 Å². The molecule has 0 aliphatic carbocycles. The Kier molecular flexibility index (Phi) is 6.13. The number of amides is 2. The molecule has 0 atom stereocenters. The van der Waals surface area contributed by atoms with Crippen LogP contribution < -0.4 is 10.2 Å². The molecule has 1 aliphatic rings. The van der Waals surface area contributed by atoms with Gasteiger partial charge >= 0.3 is 0 Å². The van der Waals surface area contributed by atoms with E-state index in [2.05, 4.69) is 10.3 Å². The summed E-state index contributed by atoms with van der Waals surface area (Å²) >= 11 is 1.48. The standard InChI is InChI=1S/C24H21N3O3S/c1-16(28)17-7-4-8-18(15-17)26-22(29)12-6-14-27-20-10-2-3-11-21(20)31-23-19(24(27)30)9-5-13-25-23/h2-5,7-11,13,15H,6,12,14H2,1H3,(H,26,29). The molecule has 4 rings (SSSR count). The van der Waals surface area contributed by atoms with Gasteiger partial charge in [0, 0.05) is 35.3 Å². The molecule has 0 spiro atoms. The first-order valence-electron chi connectivity index (χ1n) is 9.97. The number of para-hydroxylation sites is 1. The summed E-state index contributed by atoms with van der Waals surface area (Å²) in [6.07, 6.45) is 2.44. The Labute approximate surface area is 184 Å². The van der Waals surface area contributed by atoms with Crippen LogP contribution >= 0.6 is 11.8 Å². The zero-order valence-electron chi connectivity index (χ0n) is 17.0. The Morgan fingerprint density at radius 1 is 1.06 bits per heavy atom. The first-order chi connectivity index (χ1) is 15.0. The van der Waals surface area contributed by atoms with Crippen LogP contribution in [0.2, 0.25) is 0 Å². The van der Waals surface area contributed by atoms with Crippen LogP contribution in [0.3, 0.4) is 0 Å². The van der Waals surface area contributed by atoms with Gasteiger partial charge in [0.2, 0.25) is 5.91 Å². The molecule has 0 radical (unpaired) electrons. The van der Waals surface area contributed by atoms with Gasteiger partial charge in [-0.1, -0.05) is 36.0 Å². The minimum atomic E-state index is -0.160. The van der Waals surface area contributed by atoms with Gasteiger partial charge in [-0.3, -0.25) is 14.4 Å². The Morgan fingerprint density at radius 3 is 2.74 bits per heavy atom. The molecule has 2 aromatic carbocycles. The summed E-state index contributed by atoms with van der Waals surface area (Å²) in [7, 11) is 0. The fourth-order valence-corrected chi connectivity index (χ4v) is 4.44. The van der Waals surface area contributed by atoms with Crippen molar-refractivity contribution in [3.63, 3.8) is 0 Å². The van der Waals surface area contributed by atoms with E-state index in [1.165, 1.54) is 18.7 Å². The van der Waals surface area contributed by atoms with Gasteiger partial charge in [0.15, 0.2) is 5.78 Å². The lowest BCUT2D eigenvalue weighted by molar-refractivity contribution is -0.116. The van der Waals surface area contributed by atoms with E-state index in [-0.39, 0.29) is 24.0 Å². The summed E-state index contributed by atoms with van der Waals surface area (Å²) < 4.78 is 0. The number of aromatic nitrogens is 1. The number of rotatable bonds is 6. The van der Waals surface area contributed by atoms with E-state index in [0.29, 0.717) is 34.8 Å². The van der Waals surface area contributed by atoms with E-state index >= 15 is 0 Å². The normalized spacial score (nSPS) is 12.5. The lowest BCUT2D eigenvalue weighted by Gasteiger charge is -2.22. The molecule has 1 N–H and O–H groups in total. The fourth-order valence-electron chi connectivity index (χ4n) is 3.42. The summed E-state index contributed by atoms with van der Waals surface area (Å²) in [5.41, 5.74) is 2.53. The topological polar surface area (TPSA) is 79.4 Å². The van der Waals surface area contributed by atoms with Gasteiger partial charge in [0.25, 0.3) is 5.91 Å². The number of pyridine rings is 1. The Balaban J connectivity index is 1.45. The minimum Gasteiger partial charge on any atom is -0.326 e. The average molecular weight is 432 g/mol. The number of nitrogens with one attached hydrogen (secondary N) is 1. The molecule has 3 aromatic rings. The second kappa shape index (κ2) is 9.14. The van der Waals surface area contributed by atoms with Crippen molar-refractivity contribution < 1.29 is 14.4 Å². The number of carbonyl (C=O) groups is 3. The zero-order chi connectivity index (χ0) is 21.8. The number of hydrogen-bond acceptors (Lipinski definition) is 5. The van der Waals surface area contributed by atoms with E-state index in [1.54, 1.807) is 47.5 Å². The molecule has 2 heterocycles. The SMILES string of the molecule is CC(=O)c1cccc(NC(=O)CCCN2C(=O)c3cccnc3Sc3ccccc32)c1. The Hall–Kier alpha value is -3.45. The van der Waals surface area contributed by atoms with Crippen molar-refractivity contribution in [3.8, 4) is 0 Å². The van der Waals surface area contributed by atoms with Crippen LogP contribution in [0.4, 0.5) is 11.4 Å². The third-order valence-electron chi connectivity index (χ3n) is 4.95. The summed E-state index contributed by atoms with van der Waals surface area (Å²) in [6.45, 7) is 1.90. The second-order valence-corrected chi connectivity index (χ2v) is 8.20. The summed E-state index contributed by atoms with van der Waals surface area (Å²) in [6, 6.07) is 18.1. The largest absolute Gasteiger partial charge is 0.326 e. The van der Waals surface area contributed by atoms with E-state index in [1.807, 2.05) is 24.3 Å². The molecule has 0 saturated carbocycles. The highest BCUT2D eigenvalue weighted by molar-refractivity contribution is 7.99. The molecule has 0 saturated heterocycles. The third-order valence-corrected chi connectivity index (χ3v) is 6.03. The van der Waals surface area contributed by atoms with Crippen molar-refractivity contribution in [2.75, 3.05) is 16.8 Å². The maximum atomic E-state index is 13.2. The molecular formula is C24H21N3O3S. The zero-order valence-corrected chi connectivity index (χ0v) is 17.8. The molecule has 1 aliphatic heterocycles. The van der Waals surface area contributed by atoms with E-state index < -0.39 is 0 Å². The van der Waals surface area contributed by atoms with Crippen molar-refractivity contribution >= 4 is 40.7 Å². The molecule has 1 aromatic heterocycles. The molecule has 156 valence electrons. The predicted molar refractivity (Wildman–Crippen MR) is 121 cm³/mol. The fraction of sp³-hybridized carbons (Fsp3) is 0.167. The number of anilines is 2. The van der Waals surface area contributed by atoms with Gasteiger partial charge in [0.05, 0.1) is 11.3 Å². The summed E-state index contributed by atoms with van der Waals surface area (Å²) in [4.78, 5) is 44.2. The maximum Gasteiger partial charge on any atom is 0.261 e. The lowest BCUT2D eigenvalue weighted by atomic mass is 10.1. The first-order valence-corrected chi connectivity index (χ1v) is 10.8. The highest BCUT2D eigenvalue weighted by atomic mass is 32.2. The molecule has 31 heavy (non-hydrogen) atoms. The molecule has 6 nitrogen and oxygen atoms in total. The quantitative estimate of drug-likeness (QED) is 0.567. The second-order valence-electron chi connectivity index (χ2n) is 7.17. The molecule has 0 bridgehead atoms. The Bertz CT molecular complexity index is 1160. The lowest BCUT2D eigenvalue weighted by Crippen LogP contribution is -2.32. The van der Waals surface area contributed by atoms with Gasteiger partial charge in [-0.15, -0.1) is 0 Å². The van der Waals surface area contributed by atoms with Crippen LogP contribution in [0, 0.1) is 0 Å². The van der Waals surface area contributed by atoms with Gasteiger partial charge in [-0.25, -0.2) is 4.98 Å². The Morgan fingerprint density at radius 2 is 1.90 bits per heavy atom. The van der Waals surface area contributed by atoms with Crippen molar-refractivity contribution in [2.24, 2.45) is 0 Å². The third kappa shape index (κ3) is 4.67. The molecule has 7 heteroatoms.